The van der Waals surface area contributed by atoms with Crippen LogP contribution in [-0.4, -0.2) is 36.5 Å². The third kappa shape index (κ3) is 5.82. The van der Waals surface area contributed by atoms with Crippen molar-refractivity contribution in [2.75, 3.05) is 29.9 Å². The highest BCUT2D eigenvalue weighted by atomic mass is 16.6. The molecule has 0 bridgehead atoms. The molecule has 0 aliphatic carbocycles. The van der Waals surface area contributed by atoms with E-state index in [1.807, 2.05) is 11.0 Å². The van der Waals surface area contributed by atoms with Crippen molar-refractivity contribution in [1.82, 2.24) is 0 Å². The van der Waals surface area contributed by atoms with Crippen LogP contribution in [0, 0.1) is 27.4 Å². The summed E-state index contributed by atoms with van der Waals surface area (Å²) >= 11 is 0. The van der Waals surface area contributed by atoms with Crippen LogP contribution in [0.4, 0.5) is 17.1 Å². The van der Waals surface area contributed by atoms with Gasteiger partial charge in [-0.15, -0.1) is 0 Å². The number of nitrogens with zero attached hydrogens (tertiary/aromatic N) is 3. The second-order valence-electron chi connectivity index (χ2n) is 7.81. The molecule has 0 radical (unpaired) electrons. The average molecular weight is 436 g/mol. The van der Waals surface area contributed by atoms with E-state index >= 15 is 0 Å². The lowest BCUT2D eigenvalue weighted by molar-refractivity contribution is -0.384. The average Bonchev–Trinajstić information content (AvgIpc) is 2.78. The molecule has 1 aliphatic heterocycles. The van der Waals surface area contributed by atoms with E-state index in [1.165, 1.54) is 12.1 Å². The monoisotopic (exact) mass is 436 g/mol. The van der Waals surface area contributed by atoms with E-state index in [-0.39, 0.29) is 17.7 Å². The number of nitro groups is 1. The lowest BCUT2D eigenvalue weighted by atomic mass is 9.99. The van der Waals surface area contributed by atoms with Gasteiger partial charge in [0.25, 0.3) is 11.6 Å². The molecule has 166 valence electrons. The number of nitro benzene ring substituents is 1. The molecule has 0 aromatic heterocycles. The summed E-state index contributed by atoms with van der Waals surface area (Å²) in [5.41, 5.74) is 1.66. The second kappa shape index (κ2) is 10.4. The number of carbonyl (C=O) groups excluding carboxylic acids is 2. The molecule has 1 heterocycles. The molecule has 32 heavy (non-hydrogen) atoms. The predicted molar refractivity (Wildman–Crippen MR) is 118 cm³/mol. The lowest BCUT2D eigenvalue weighted by Gasteiger charge is -2.32. The molecule has 1 fully saturated rings. The van der Waals surface area contributed by atoms with Crippen molar-refractivity contribution < 1.29 is 19.2 Å². The maximum absolute atomic E-state index is 12.4. The first-order valence-corrected chi connectivity index (χ1v) is 10.3. The fourth-order valence-corrected chi connectivity index (χ4v) is 3.68. The normalized spacial score (nSPS) is 15.5. The van der Waals surface area contributed by atoms with Crippen LogP contribution in [0.25, 0.3) is 0 Å². The fourth-order valence-electron chi connectivity index (χ4n) is 3.68. The molecule has 1 saturated heterocycles. The molecule has 0 spiro atoms. The maximum atomic E-state index is 12.4. The quantitative estimate of drug-likeness (QED) is 0.398. The molecule has 9 heteroatoms. The number of hydrogen-bond donors (Lipinski definition) is 1. The van der Waals surface area contributed by atoms with Gasteiger partial charge in [-0.1, -0.05) is 19.1 Å². The van der Waals surface area contributed by atoms with E-state index in [2.05, 4.69) is 12.2 Å². The Morgan fingerprint density at radius 3 is 2.69 bits per heavy atom. The van der Waals surface area contributed by atoms with Gasteiger partial charge < -0.3 is 15.0 Å². The number of rotatable bonds is 7. The summed E-state index contributed by atoms with van der Waals surface area (Å²) in [5, 5.41) is 22.9. The summed E-state index contributed by atoms with van der Waals surface area (Å²) in [6.07, 6.45) is 2.31. The predicted octanol–water partition coefficient (Wildman–Crippen LogP) is 3.69. The summed E-state index contributed by atoms with van der Waals surface area (Å²) in [7, 11) is 0. The lowest BCUT2D eigenvalue weighted by Crippen LogP contribution is -2.34. The van der Waals surface area contributed by atoms with E-state index in [0.29, 0.717) is 17.3 Å². The van der Waals surface area contributed by atoms with Gasteiger partial charge in [-0.25, -0.2) is 4.79 Å². The fraction of sp³-hybridized carbons (Fsp3) is 0.348. The second-order valence-corrected chi connectivity index (χ2v) is 7.81. The molecule has 1 atom stereocenters. The molecule has 1 unspecified atom stereocenters. The summed E-state index contributed by atoms with van der Waals surface area (Å²) in [6.45, 7) is 3.03. The van der Waals surface area contributed by atoms with Crippen LogP contribution in [0.5, 0.6) is 0 Å². The van der Waals surface area contributed by atoms with Crippen molar-refractivity contribution >= 4 is 28.9 Å². The van der Waals surface area contributed by atoms with Crippen LogP contribution in [-0.2, 0) is 16.0 Å². The molecule has 1 N–H and O–H groups in total. The van der Waals surface area contributed by atoms with Gasteiger partial charge in [0, 0.05) is 24.8 Å². The van der Waals surface area contributed by atoms with Crippen LogP contribution >= 0.6 is 0 Å². The van der Waals surface area contributed by atoms with Gasteiger partial charge in [0.05, 0.1) is 23.0 Å². The van der Waals surface area contributed by atoms with Gasteiger partial charge in [0.1, 0.15) is 5.69 Å². The van der Waals surface area contributed by atoms with Crippen LogP contribution in [0.3, 0.4) is 0 Å². The molecule has 3 rings (SSSR count). The molecule has 0 saturated carbocycles. The summed E-state index contributed by atoms with van der Waals surface area (Å²) in [6, 6.07) is 13.0. The summed E-state index contributed by atoms with van der Waals surface area (Å²) in [5.74, 6) is -0.917. The molecule has 2 aromatic carbocycles. The van der Waals surface area contributed by atoms with E-state index in [4.69, 9.17) is 10.00 Å². The van der Waals surface area contributed by atoms with Gasteiger partial charge in [-0.2, -0.15) is 5.26 Å². The first-order chi connectivity index (χ1) is 15.4. The van der Waals surface area contributed by atoms with E-state index in [1.54, 1.807) is 30.3 Å². The van der Waals surface area contributed by atoms with E-state index < -0.39 is 23.4 Å². The Morgan fingerprint density at radius 2 is 2.03 bits per heavy atom. The van der Waals surface area contributed by atoms with Crippen molar-refractivity contribution in [3.8, 4) is 6.07 Å². The third-order valence-corrected chi connectivity index (χ3v) is 5.26. The van der Waals surface area contributed by atoms with Gasteiger partial charge in [0.15, 0.2) is 6.61 Å². The third-order valence-electron chi connectivity index (χ3n) is 5.26. The highest BCUT2D eigenvalue weighted by molar-refractivity contribution is 5.96. The molecule has 1 amide bonds. The number of nitriles is 1. The first kappa shape index (κ1) is 22.7. The minimum absolute atomic E-state index is 0.0131. The molecule has 1 aliphatic rings. The molecular weight excluding hydrogens is 412 g/mol. The van der Waals surface area contributed by atoms with Crippen molar-refractivity contribution in [3.63, 3.8) is 0 Å². The van der Waals surface area contributed by atoms with Gasteiger partial charge in [0.2, 0.25) is 0 Å². The molecule has 9 nitrogen and oxygen atoms in total. The van der Waals surface area contributed by atoms with Gasteiger partial charge in [-0.05, 0) is 48.6 Å². The minimum Gasteiger partial charge on any atom is -0.452 e. The standard InChI is InChI=1S/C23H24N4O5/c1-16-3-2-12-26(14-16)20-9-6-18(13-21(20)27(30)31)23(29)32-15-22(28)25-19-7-4-17(5-8-19)10-11-24/h4-9,13,16H,2-3,10,12,14-15H2,1H3,(H,25,28). The number of piperidine rings is 1. The molecular formula is C23H24N4O5. The Kier molecular flexibility index (Phi) is 7.39. The highest BCUT2D eigenvalue weighted by Gasteiger charge is 2.25. The number of ether oxygens (including phenoxy) is 1. The topological polar surface area (TPSA) is 126 Å². The largest absolute Gasteiger partial charge is 0.452 e. The number of esters is 1. The van der Waals surface area contributed by atoms with Crippen LogP contribution in [0.15, 0.2) is 42.5 Å². The number of nitrogens with one attached hydrogen (secondary N) is 1. The summed E-state index contributed by atoms with van der Waals surface area (Å²) < 4.78 is 5.03. The number of carbonyl (C=O) groups is 2. The first-order valence-electron chi connectivity index (χ1n) is 10.3. The maximum Gasteiger partial charge on any atom is 0.338 e. The number of anilines is 2. The Hall–Kier alpha value is -3.93. The zero-order valence-corrected chi connectivity index (χ0v) is 17.7. The molecule has 2 aromatic rings. The Balaban J connectivity index is 1.62. The van der Waals surface area contributed by atoms with E-state index in [0.717, 1.165) is 31.5 Å². The SMILES string of the molecule is CC1CCCN(c2ccc(C(=O)OCC(=O)Nc3ccc(CC#N)cc3)cc2[N+](=O)[O-])C1. The number of hydrogen-bond acceptors (Lipinski definition) is 7. The zero-order chi connectivity index (χ0) is 23.1. The Labute approximate surface area is 185 Å². The van der Waals surface area contributed by atoms with Crippen molar-refractivity contribution in [2.45, 2.75) is 26.2 Å². The van der Waals surface area contributed by atoms with E-state index in [9.17, 15) is 19.7 Å². The van der Waals surface area contributed by atoms with Crippen LogP contribution in [0.2, 0.25) is 0 Å². The number of benzene rings is 2. The summed E-state index contributed by atoms with van der Waals surface area (Å²) in [4.78, 5) is 37.5. The minimum atomic E-state index is -0.814. The number of amides is 1. The smallest absolute Gasteiger partial charge is 0.338 e. The van der Waals surface area contributed by atoms with Crippen LogP contribution in [0.1, 0.15) is 35.7 Å². The van der Waals surface area contributed by atoms with Crippen molar-refractivity contribution in [2.24, 2.45) is 5.92 Å². The highest BCUT2D eigenvalue weighted by Crippen LogP contribution is 2.32. The van der Waals surface area contributed by atoms with Gasteiger partial charge >= 0.3 is 5.97 Å². The van der Waals surface area contributed by atoms with Crippen molar-refractivity contribution in [1.29, 1.82) is 5.26 Å². The Morgan fingerprint density at radius 1 is 1.28 bits per heavy atom. The van der Waals surface area contributed by atoms with Gasteiger partial charge in [-0.3, -0.25) is 14.9 Å². The van der Waals surface area contributed by atoms with Crippen LogP contribution < -0.4 is 10.2 Å². The van der Waals surface area contributed by atoms with Crippen molar-refractivity contribution in [3.05, 3.63) is 63.7 Å². The Bertz CT molecular complexity index is 1050. The zero-order valence-electron chi connectivity index (χ0n) is 17.7.